The van der Waals surface area contributed by atoms with Crippen molar-refractivity contribution in [1.29, 1.82) is 0 Å². The number of nitrogens with two attached hydrogens (primary N) is 1. The minimum absolute atomic E-state index is 0.190. The largest absolute Gasteiger partial charge is 0.382 e. The number of hydrogen-bond acceptors (Lipinski definition) is 6. The molecule has 0 spiro atoms. The Hall–Kier alpha value is -1.99. The van der Waals surface area contributed by atoms with Gasteiger partial charge in [-0.1, -0.05) is 30.3 Å². The lowest BCUT2D eigenvalue weighted by molar-refractivity contribution is -0.119. The number of carbonyl (C=O) groups is 1. The Morgan fingerprint density at radius 2 is 2.21 bits per heavy atom. The summed E-state index contributed by atoms with van der Waals surface area (Å²) < 4.78 is 9.16. The standard InChI is InChI=1S/C12H14N4O2S/c1-18-7-9(10(13)17)14-12-15-11(16-19-12)8-5-3-2-4-6-8/h2-6,9H,7H2,1H3,(H2,13,17)(H,14,15,16)/t9-/m1/s1. The number of nitrogens with zero attached hydrogens (tertiary/aromatic N) is 2. The number of primary amides is 1. The zero-order chi connectivity index (χ0) is 13.7. The molecule has 0 unspecified atom stereocenters. The van der Waals surface area contributed by atoms with Gasteiger partial charge in [-0.15, -0.1) is 0 Å². The minimum atomic E-state index is -0.610. The van der Waals surface area contributed by atoms with Crippen molar-refractivity contribution in [2.45, 2.75) is 6.04 Å². The maximum Gasteiger partial charge on any atom is 0.242 e. The van der Waals surface area contributed by atoms with Gasteiger partial charge in [0.2, 0.25) is 11.0 Å². The molecule has 1 aromatic carbocycles. The fourth-order valence-electron chi connectivity index (χ4n) is 1.50. The lowest BCUT2D eigenvalue weighted by Gasteiger charge is -2.12. The first-order valence-corrected chi connectivity index (χ1v) is 6.42. The van der Waals surface area contributed by atoms with E-state index in [4.69, 9.17) is 10.5 Å². The number of benzene rings is 1. The molecule has 0 saturated carbocycles. The molecule has 1 amide bonds. The number of hydrogen-bond donors (Lipinski definition) is 2. The van der Waals surface area contributed by atoms with Crippen LogP contribution in [-0.4, -0.2) is 35.0 Å². The van der Waals surface area contributed by atoms with Gasteiger partial charge in [0.15, 0.2) is 5.82 Å². The second kappa shape index (κ2) is 6.26. The van der Waals surface area contributed by atoms with Crippen LogP contribution >= 0.6 is 11.5 Å². The van der Waals surface area contributed by atoms with Gasteiger partial charge >= 0.3 is 0 Å². The quantitative estimate of drug-likeness (QED) is 0.826. The van der Waals surface area contributed by atoms with Crippen molar-refractivity contribution in [3.05, 3.63) is 30.3 Å². The summed E-state index contributed by atoms with van der Waals surface area (Å²) in [6.07, 6.45) is 0. The van der Waals surface area contributed by atoms with E-state index in [1.807, 2.05) is 30.3 Å². The summed E-state index contributed by atoms with van der Waals surface area (Å²) in [5.74, 6) is 0.132. The number of amides is 1. The predicted molar refractivity (Wildman–Crippen MR) is 73.8 cm³/mol. The number of aromatic nitrogens is 2. The zero-order valence-electron chi connectivity index (χ0n) is 10.4. The van der Waals surface area contributed by atoms with Gasteiger partial charge in [0.25, 0.3) is 0 Å². The average molecular weight is 278 g/mol. The van der Waals surface area contributed by atoms with Crippen molar-refractivity contribution in [3.63, 3.8) is 0 Å². The fraction of sp³-hybridized carbons (Fsp3) is 0.250. The summed E-state index contributed by atoms with van der Waals surface area (Å²) in [7, 11) is 1.51. The van der Waals surface area contributed by atoms with Gasteiger partial charge in [-0.05, 0) is 0 Å². The third kappa shape index (κ3) is 3.49. The molecule has 0 fully saturated rings. The summed E-state index contributed by atoms with van der Waals surface area (Å²) in [6, 6.07) is 9.00. The van der Waals surface area contributed by atoms with Crippen LogP contribution in [-0.2, 0) is 9.53 Å². The second-order valence-corrected chi connectivity index (χ2v) is 4.60. The van der Waals surface area contributed by atoms with E-state index in [-0.39, 0.29) is 6.61 Å². The van der Waals surface area contributed by atoms with Gasteiger partial charge in [0.1, 0.15) is 6.04 Å². The van der Waals surface area contributed by atoms with E-state index in [0.717, 1.165) is 5.56 Å². The first kappa shape index (κ1) is 13.4. The maximum atomic E-state index is 11.2. The van der Waals surface area contributed by atoms with Crippen LogP contribution in [0.2, 0.25) is 0 Å². The molecule has 100 valence electrons. The summed E-state index contributed by atoms with van der Waals surface area (Å²) in [5, 5.41) is 3.46. The van der Waals surface area contributed by atoms with Gasteiger partial charge in [-0.3, -0.25) is 4.79 Å². The Bertz CT molecular complexity index is 544. The van der Waals surface area contributed by atoms with E-state index in [0.29, 0.717) is 11.0 Å². The van der Waals surface area contributed by atoms with Crippen molar-refractivity contribution in [3.8, 4) is 11.4 Å². The first-order valence-electron chi connectivity index (χ1n) is 5.64. The Morgan fingerprint density at radius 3 is 2.84 bits per heavy atom. The number of ether oxygens (including phenoxy) is 1. The normalized spacial score (nSPS) is 12.1. The molecule has 2 rings (SSSR count). The third-order valence-corrected chi connectivity index (χ3v) is 3.08. The highest BCUT2D eigenvalue weighted by atomic mass is 32.1. The molecular weight excluding hydrogens is 264 g/mol. The lowest BCUT2D eigenvalue weighted by Crippen LogP contribution is -2.38. The van der Waals surface area contributed by atoms with Crippen LogP contribution in [0.15, 0.2) is 30.3 Å². The Kier molecular flexibility index (Phi) is 4.43. The molecule has 0 radical (unpaired) electrons. The molecule has 7 heteroatoms. The van der Waals surface area contributed by atoms with Crippen LogP contribution in [0.4, 0.5) is 5.13 Å². The predicted octanol–water partition coefficient (Wildman–Crippen LogP) is 1.12. The smallest absolute Gasteiger partial charge is 0.242 e. The summed E-state index contributed by atoms with van der Waals surface area (Å²) in [6.45, 7) is 0.190. The summed E-state index contributed by atoms with van der Waals surface area (Å²) in [4.78, 5) is 15.5. The van der Waals surface area contributed by atoms with Crippen LogP contribution in [0, 0.1) is 0 Å². The van der Waals surface area contributed by atoms with E-state index < -0.39 is 11.9 Å². The molecule has 19 heavy (non-hydrogen) atoms. The Morgan fingerprint density at radius 1 is 1.47 bits per heavy atom. The zero-order valence-corrected chi connectivity index (χ0v) is 11.2. The number of nitrogens with one attached hydrogen (secondary N) is 1. The van der Waals surface area contributed by atoms with Gasteiger partial charge in [-0.2, -0.15) is 9.36 Å². The molecule has 0 aliphatic carbocycles. The second-order valence-electron chi connectivity index (χ2n) is 3.84. The van der Waals surface area contributed by atoms with E-state index in [9.17, 15) is 4.79 Å². The highest BCUT2D eigenvalue weighted by molar-refractivity contribution is 7.09. The lowest BCUT2D eigenvalue weighted by atomic mass is 10.2. The molecule has 0 aliphatic heterocycles. The molecule has 0 aliphatic rings. The topological polar surface area (TPSA) is 90.1 Å². The SMILES string of the molecule is COC[C@@H](Nc1nc(-c2ccccc2)ns1)C(N)=O. The third-order valence-electron chi connectivity index (χ3n) is 2.43. The number of rotatable bonds is 6. The highest BCUT2D eigenvalue weighted by Gasteiger charge is 2.17. The summed E-state index contributed by atoms with van der Waals surface area (Å²) in [5.41, 5.74) is 6.19. The van der Waals surface area contributed by atoms with E-state index >= 15 is 0 Å². The number of methoxy groups -OCH3 is 1. The van der Waals surface area contributed by atoms with Crippen molar-refractivity contribution in [2.75, 3.05) is 19.0 Å². The van der Waals surface area contributed by atoms with Crippen LogP contribution in [0.25, 0.3) is 11.4 Å². The molecule has 0 bridgehead atoms. The fourth-order valence-corrected chi connectivity index (χ4v) is 2.14. The van der Waals surface area contributed by atoms with Crippen molar-refractivity contribution < 1.29 is 9.53 Å². The Labute approximate surface area is 114 Å². The van der Waals surface area contributed by atoms with E-state index in [1.165, 1.54) is 18.6 Å². The number of anilines is 1. The van der Waals surface area contributed by atoms with Crippen LogP contribution in [0.5, 0.6) is 0 Å². The Balaban J connectivity index is 2.11. The maximum absolute atomic E-state index is 11.2. The molecule has 1 heterocycles. The molecule has 3 N–H and O–H groups in total. The van der Waals surface area contributed by atoms with Gasteiger partial charge < -0.3 is 15.8 Å². The van der Waals surface area contributed by atoms with Gasteiger partial charge in [-0.25, -0.2) is 0 Å². The van der Waals surface area contributed by atoms with Crippen LogP contribution < -0.4 is 11.1 Å². The molecule has 0 saturated heterocycles. The monoisotopic (exact) mass is 278 g/mol. The highest BCUT2D eigenvalue weighted by Crippen LogP contribution is 2.21. The van der Waals surface area contributed by atoms with Crippen molar-refractivity contribution in [2.24, 2.45) is 5.73 Å². The van der Waals surface area contributed by atoms with Gasteiger partial charge in [0.05, 0.1) is 6.61 Å². The van der Waals surface area contributed by atoms with Crippen molar-refractivity contribution >= 4 is 22.6 Å². The average Bonchev–Trinajstić information content (AvgIpc) is 2.88. The van der Waals surface area contributed by atoms with Crippen molar-refractivity contribution in [1.82, 2.24) is 9.36 Å². The van der Waals surface area contributed by atoms with E-state index in [2.05, 4.69) is 14.7 Å². The number of carbonyl (C=O) groups excluding carboxylic acids is 1. The van der Waals surface area contributed by atoms with Crippen LogP contribution in [0.1, 0.15) is 0 Å². The van der Waals surface area contributed by atoms with E-state index in [1.54, 1.807) is 0 Å². The molecule has 6 nitrogen and oxygen atoms in total. The van der Waals surface area contributed by atoms with Gasteiger partial charge in [0, 0.05) is 24.2 Å². The first-order chi connectivity index (χ1) is 9.20. The molecule has 1 atom stereocenters. The molecular formula is C12H14N4O2S. The molecule has 2 aromatic rings. The minimum Gasteiger partial charge on any atom is -0.382 e. The van der Waals surface area contributed by atoms with Crippen LogP contribution in [0.3, 0.4) is 0 Å². The molecule has 1 aromatic heterocycles. The summed E-state index contributed by atoms with van der Waals surface area (Å²) >= 11 is 1.18.